The van der Waals surface area contributed by atoms with Gasteiger partial charge in [0.15, 0.2) is 0 Å². The van der Waals surface area contributed by atoms with Gasteiger partial charge < -0.3 is 10.5 Å². The maximum atomic E-state index is 6.05. The van der Waals surface area contributed by atoms with Crippen LogP contribution < -0.4 is 10.5 Å². The van der Waals surface area contributed by atoms with Gasteiger partial charge in [0.2, 0.25) is 0 Å². The van der Waals surface area contributed by atoms with Gasteiger partial charge in [0.25, 0.3) is 0 Å². The Morgan fingerprint density at radius 1 is 1.29 bits per heavy atom. The Morgan fingerprint density at radius 2 is 2.14 bits per heavy atom. The van der Waals surface area contributed by atoms with E-state index in [1.54, 1.807) is 7.11 Å². The average Bonchev–Trinajstić information content (AvgIpc) is 2.48. The standard InChI is InChI=1S/C17H19BrN2O/c1-21-17-6-5-12(9-15(17)18)10-20-8-7-14-13(11-20)3-2-4-16(14)19/h2-6,9H,7-8,10-11,19H2,1H3. The molecule has 2 N–H and O–H groups in total. The van der Waals surface area contributed by atoms with E-state index in [4.69, 9.17) is 10.5 Å². The second-order valence-electron chi connectivity index (χ2n) is 5.41. The van der Waals surface area contributed by atoms with E-state index in [2.05, 4.69) is 39.0 Å². The summed E-state index contributed by atoms with van der Waals surface area (Å²) < 4.78 is 6.28. The van der Waals surface area contributed by atoms with Crippen LogP contribution in [0.4, 0.5) is 5.69 Å². The zero-order chi connectivity index (χ0) is 14.8. The number of halogens is 1. The smallest absolute Gasteiger partial charge is 0.133 e. The first-order valence-electron chi connectivity index (χ1n) is 7.08. The number of benzene rings is 2. The Morgan fingerprint density at radius 3 is 2.90 bits per heavy atom. The van der Waals surface area contributed by atoms with Gasteiger partial charge in [-0.1, -0.05) is 18.2 Å². The highest BCUT2D eigenvalue weighted by molar-refractivity contribution is 9.10. The van der Waals surface area contributed by atoms with Crippen molar-refractivity contribution in [1.82, 2.24) is 4.90 Å². The molecule has 0 amide bonds. The molecule has 0 radical (unpaired) electrons. The van der Waals surface area contributed by atoms with Crippen molar-refractivity contribution < 1.29 is 4.74 Å². The minimum absolute atomic E-state index is 0.871. The van der Waals surface area contributed by atoms with Gasteiger partial charge >= 0.3 is 0 Å². The average molecular weight is 347 g/mol. The molecule has 0 fully saturated rings. The molecule has 0 aliphatic carbocycles. The van der Waals surface area contributed by atoms with Crippen LogP contribution in [-0.2, 0) is 19.5 Å². The minimum atomic E-state index is 0.871. The van der Waals surface area contributed by atoms with Gasteiger partial charge in [-0.05, 0) is 57.2 Å². The van der Waals surface area contributed by atoms with Gasteiger partial charge in [-0.15, -0.1) is 0 Å². The van der Waals surface area contributed by atoms with Crippen LogP contribution in [-0.4, -0.2) is 18.6 Å². The van der Waals surface area contributed by atoms with Crippen LogP contribution in [0.5, 0.6) is 5.75 Å². The largest absolute Gasteiger partial charge is 0.496 e. The normalized spacial score (nSPS) is 14.8. The monoisotopic (exact) mass is 346 g/mol. The van der Waals surface area contributed by atoms with Crippen LogP contribution in [0.3, 0.4) is 0 Å². The molecule has 0 saturated heterocycles. The summed E-state index contributed by atoms with van der Waals surface area (Å²) in [4.78, 5) is 2.45. The molecule has 0 aromatic heterocycles. The third-order valence-corrected chi connectivity index (χ3v) is 4.62. The van der Waals surface area contributed by atoms with Gasteiger partial charge in [-0.3, -0.25) is 4.90 Å². The Bertz CT molecular complexity index is 657. The second kappa shape index (κ2) is 6.08. The number of methoxy groups -OCH3 is 1. The molecule has 110 valence electrons. The first kappa shape index (κ1) is 14.4. The van der Waals surface area contributed by atoms with Gasteiger partial charge in [-0.2, -0.15) is 0 Å². The fraction of sp³-hybridized carbons (Fsp3) is 0.294. The molecule has 2 aromatic rings. The molecule has 0 spiro atoms. The molecule has 4 heteroatoms. The van der Waals surface area contributed by atoms with E-state index in [1.165, 1.54) is 16.7 Å². The number of fused-ring (bicyclic) bond motifs is 1. The molecule has 3 rings (SSSR count). The third-order valence-electron chi connectivity index (χ3n) is 4.00. The number of hydrogen-bond donors (Lipinski definition) is 1. The predicted molar refractivity (Wildman–Crippen MR) is 89.4 cm³/mol. The van der Waals surface area contributed by atoms with E-state index in [0.717, 1.165) is 42.0 Å². The van der Waals surface area contributed by atoms with Crippen molar-refractivity contribution in [3.8, 4) is 5.75 Å². The van der Waals surface area contributed by atoms with Crippen molar-refractivity contribution in [2.24, 2.45) is 0 Å². The van der Waals surface area contributed by atoms with Crippen LogP contribution in [0.25, 0.3) is 0 Å². The van der Waals surface area contributed by atoms with E-state index in [1.807, 2.05) is 18.2 Å². The highest BCUT2D eigenvalue weighted by Gasteiger charge is 2.18. The van der Waals surface area contributed by atoms with Crippen LogP contribution in [0.1, 0.15) is 16.7 Å². The molecule has 0 atom stereocenters. The summed E-state index contributed by atoms with van der Waals surface area (Å²) in [5, 5.41) is 0. The molecular formula is C17H19BrN2O. The lowest BCUT2D eigenvalue weighted by atomic mass is 9.97. The quantitative estimate of drug-likeness (QED) is 0.863. The van der Waals surface area contributed by atoms with Gasteiger partial charge in [0, 0.05) is 25.3 Å². The van der Waals surface area contributed by atoms with Crippen LogP contribution >= 0.6 is 15.9 Å². The third kappa shape index (κ3) is 3.06. The maximum Gasteiger partial charge on any atom is 0.133 e. The predicted octanol–water partition coefficient (Wildman–Crippen LogP) is 3.60. The fourth-order valence-corrected chi connectivity index (χ4v) is 3.49. The van der Waals surface area contributed by atoms with Gasteiger partial charge in [-0.25, -0.2) is 0 Å². The van der Waals surface area contributed by atoms with Crippen LogP contribution in [0, 0.1) is 0 Å². The number of nitrogens with two attached hydrogens (primary N) is 1. The van der Waals surface area contributed by atoms with Crippen molar-refractivity contribution in [3.63, 3.8) is 0 Å². The first-order valence-corrected chi connectivity index (χ1v) is 7.87. The number of rotatable bonds is 3. The molecule has 1 aliphatic heterocycles. The molecule has 1 heterocycles. The number of nitrogens with zero attached hydrogens (tertiary/aromatic N) is 1. The number of anilines is 1. The van der Waals surface area contributed by atoms with E-state index < -0.39 is 0 Å². The summed E-state index contributed by atoms with van der Waals surface area (Å²) in [6.07, 6.45) is 1.03. The topological polar surface area (TPSA) is 38.5 Å². The summed E-state index contributed by atoms with van der Waals surface area (Å²) >= 11 is 3.55. The molecule has 3 nitrogen and oxygen atoms in total. The Hall–Kier alpha value is -1.52. The van der Waals surface area contributed by atoms with Gasteiger partial charge in [0.05, 0.1) is 11.6 Å². The number of nitrogen functional groups attached to an aromatic ring is 1. The summed E-state index contributed by atoms with van der Waals surface area (Å²) in [5.74, 6) is 0.871. The molecule has 0 saturated carbocycles. The van der Waals surface area contributed by atoms with Crippen molar-refractivity contribution in [2.45, 2.75) is 19.5 Å². The van der Waals surface area contributed by atoms with Crippen LogP contribution in [0.15, 0.2) is 40.9 Å². The minimum Gasteiger partial charge on any atom is -0.496 e. The zero-order valence-corrected chi connectivity index (χ0v) is 13.7. The molecule has 2 aromatic carbocycles. The van der Waals surface area contributed by atoms with E-state index in [9.17, 15) is 0 Å². The van der Waals surface area contributed by atoms with Crippen molar-refractivity contribution >= 4 is 21.6 Å². The molecule has 0 unspecified atom stereocenters. The molecule has 21 heavy (non-hydrogen) atoms. The Kier molecular flexibility index (Phi) is 4.17. The van der Waals surface area contributed by atoms with E-state index >= 15 is 0 Å². The Labute approximate surface area is 133 Å². The van der Waals surface area contributed by atoms with E-state index in [-0.39, 0.29) is 0 Å². The SMILES string of the molecule is COc1ccc(CN2CCc3c(N)cccc3C2)cc1Br. The maximum absolute atomic E-state index is 6.05. The van der Waals surface area contributed by atoms with E-state index in [0.29, 0.717) is 0 Å². The summed E-state index contributed by atoms with van der Waals surface area (Å²) in [6, 6.07) is 12.5. The highest BCUT2D eigenvalue weighted by Crippen LogP contribution is 2.28. The summed E-state index contributed by atoms with van der Waals surface area (Å²) in [6.45, 7) is 2.95. The molecule has 0 bridgehead atoms. The number of ether oxygens (including phenoxy) is 1. The highest BCUT2D eigenvalue weighted by atomic mass is 79.9. The first-order chi connectivity index (χ1) is 10.2. The molecule has 1 aliphatic rings. The van der Waals surface area contributed by atoms with Crippen molar-refractivity contribution in [2.75, 3.05) is 19.4 Å². The lowest BCUT2D eigenvalue weighted by Gasteiger charge is -2.29. The molecular weight excluding hydrogens is 328 g/mol. The lowest BCUT2D eigenvalue weighted by Crippen LogP contribution is -2.30. The number of hydrogen-bond acceptors (Lipinski definition) is 3. The van der Waals surface area contributed by atoms with Crippen molar-refractivity contribution in [3.05, 3.63) is 57.6 Å². The fourth-order valence-electron chi connectivity index (χ4n) is 2.90. The summed E-state index contributed by atoms with van der Waals surface area (Å²) in [7, 11) is 1.69. The zero-order valence-electron chi connectivity index (χ0n) is 12.1. The summed E-state index contributed by atoms with van der Waals surface area (Å²) in [5.41, 5.74) is 10.9. The second-order valence-corrected chi connectivity index (χ2v) is 6.27. The van der Waals surface area contributed by atoms with Crippen LogP contribution in [0.2, 0.25) is 0 Å². The lowest BCUT2D eigenvalue weighted by molar-refractivity contribution is 0.246. The Balaban J connectivity index is 1.74. The van der Waals surface area contributed by atoms with Gasteiger partial charge in [0.1, 0.15) is 5.75 Å². The van der Waals surface area contributed by atoms with Crippen molar-refractivity contribution in [1.29, 1.82) is 0 Å².